The van der Waals surface area contributed by atoms with E-state index in [1.165, 1.54) is 11.1 Å². The predicted molar refractivity (Wildman–Crippen MR) is 72.4 cm³/mol. The summed E-state index contributed by atoms with van der Waals surface area (Å²) in [6.45, 7) is 2.97. The van der Waals surface area contributed by atoms with Gasteiger partial charge in [0.05, 0.1) is 11.9 Å². The van der Waals surface area contributed by atoms with Gasteiger partial charge in [-0.05, 0) is 30.9 Å². The first-order chi connectivity index (χ1) is 8.48. The highest BCUT2D eigenvalue weighted by molar-refractivity contribution is 8.14. The van der Waals surface area contributed by atoms with Gasteiger partial charge in [0.1, 0.15) is 0 Å². The Kier molecular flexibility index (Phi) is 4.30. The third-order valence-electron chi connectivity index (χ3n) is 3.51. The Hall–Kier alpha value is -0.580. The number of hydrogen-bond acceptors (Lipinski definition) is 3. The molecule has 0 spiro atoms. The van der Waals surface area contributed by atoms with E-state index in [-0.39, 0.29) is 5.92 Å². The van der Waals surface area contributed by atoms with Crippen LogP contribution >= 0.6 is 10.7 Å². The van der Waals surface area contributed by atoms with E-state index in [2.05, 4.69) is 0 Å². The van der Waals surface area contributed by atoms with Gasteiger partial charge in [0.2, 0.25) is 9.05 Å². The standard InChI is InChI=1S/C13H17ClO3S/c1-10-4-2-3-5-11(10)8-12-9-17-7-6-13(12)18(14,15)16/h2-5,12-13H,6-9H2,1H3/t12-,13-/m0/s1. The van der Waals surface area contributed by atoms with E-state index in [4.69, 9.17) is 15.4 Å². The minimum Gasteiger partial charge on any atom is -0.381 e. The lowest BCUT2D eigenvalue weighted by Crippen LogP contribution is -2.37. The van der Waals surface area contributed by atoms with Crippen molar-refractivity contribution in [1.29, 1.82) is 0 Å². The lowest BCUT2D eigenvalue weighted by molar-refractivity contribution is 0.0576. The smallest absolute Gasteiger partial charge is 0.235 e. The Morgan fingerprint density at radius 2 is 2.11 bits per heavy atom. The largest absolute Gasteiger partial charge is 0.381 e. The lowest BCUT2D eigenvalue weighted by atomic mass is 9.91. The van der Waals surface area contributed by atoms with Gasteiger partial charge in [-0.2, -0.15) is 0 Å². The van der Waals surface area contributed by atoms with Gasteiger partial charge in [-0.15, -0.1) is 0 Å². The molecule has 1 aromatic rings. The van der Waals surface area contributed by atoms with Gasteiger partial charge in [-0.1, -0.05) is 24.3 Å². The topological polar surface area (TPSA) is 43.4 Å². The molecule has 2 rings (SSSR count). The second-order valence-electron chi connectivity index (χ2n) is 4.77. The second kappa shape index (κ2) is 5.59. The van der Waals surface area contributed by atoms with Crippen LogP contribution in [0.4, 0.5) is 0 Å². The quantitative estimate of drug-likeness (QED) is 0.803. The van der Waals surface area contributed by atoms with Crippen LogP contribution in [0, 0.1) is 12.8 Å². The minimum absolute atomic E-state index is 0.0534. The van der Waals surface area contributed by atoms with Gasteiger partial charge in [-0.25, -0.2) is 8.42 Å². The first kappa shape index (κ1) is 13.8. The molecule has 1 fully saturated rings. The SMILES string of the molecule is Cc1ccccc1C[C@H]1COCC[C@@H]1S(=O)(=O)Cl. The highest BCUT2D eigenvalue weighted by atomic mass is 35.7. The van der Waals surface area contributed by atoms with Crippen molar-refractivity contribution >= 4 is 19.7 Å². The van der Waals surface area contributed by atoms with Crippen LogP contribution in [0.25, 0.3) is 0 Å². The number of ether oxygens (including phenoxy) is 1. The maximum absolute atomic E-state index is 11.6. The summed E-state index contributed by atoms with van der Waals surface area (Å²) in [7, 11) is 2.01. The zero-order valence-corrected chi connectivity index (χ0v) is 11.9. The highest BCUT2D eigenvalue weighted by Crippen LogP contribution is 2.28. The molecule has 3 nitrogen and oxygen atoms in total. The molecule has 18 heavy (non-hydrogen) atoms. The molecule has 0 radical (unpaired) electrons. The summed E-state index contributed by atoms with van der Waals surface area (Å²) < 4.78 is 28.6. The maximum atomic E-state index is 11.6. The summed E-state index contributed by atoms with van der Waals surface area (Å²) in [6.07, 6.45) is 1.19. The average molecular weight is 289 g/mol. The second-order valence-corrected chi connectivity index (χ2v) is 7.62. The zero-order valence-electron chi connectivity index (χ0n) is 10.3. The van der Waals surface area contributed by atoms with Crippen molar-refractivity contribution in [3.8, 4) is 0 Å². The van der Waals surface area contributed by atoms with Crippen molar-refractivity contribution in [2.75, 3.05) is 13.2 Å². The molecule has 1 heterocycles. The van der Waals surface area contributed by atoms with Crippen molar-refractivity contribution < 1.29 is 13.2 Å². The third-order valence-corrected chi connectivity index (χ3v) is 5.54. The fourth-order valence-electron chi connectivity index (χ4n) is 2.46. The molecule has 5 heteroatoms. The van der Waals surface area contributed by atoms with Crippen molar-refractivity contribution in [1.82, 2.24) is 0 Å². The molecular formula is C13H17ClO3S. The molecule has 1 aromatic carbocycles. The summed E-state index contributed by atoms with van der Waals surface area (Å²) in [5.41, 5.74) is 2.34. The van der Waals surface area contributed by atoms with E-state index in [1.807, 2.05) is 31.2 Å². The molecule has 0 aliphatic carbocycles. The van der Waals surface area contributed by atoms with Gasteiger partial charge in [0.15, 0.2) is 0 Å². The monoisotopic (exact) mass is 288 g/mol. The summed E-state index contributed by atoms with van der Waals surface area (Å²) in [5.74, 6) is -0.0534. The number of aryl methyl sites for hydroxylation is 1. The molecular weight excluding hydrogens is 272 g/mol. The predicted octanol–water partition coefficient (Wildman–Crippen LogP) is 2.51. The fraction of sp³-hybridized carbons (Fsp3) is 0.538. The normalized spacial score (nSPS) is 25.0. The Bertz CT molecular complexity index is 513. The Morgan fingerprint density at radius 1 is 1.39 bits per heavy atom. The van der Waals surface area contributed by atoms with Crippen LogP contribution in [0.1, 0.15) is 17.5 Å². The van der Waals surface area contributed by atoms with Crippen LogP contribution in [0.15, 0.2) is 24.3 Å². The number of hydrogen-bond donors (Lipinski definition) is 0. The molecule has 100 valence electrons. The molecule has 1 aliphatic rings. The molecule has 0 bridgehead atoms. The van der Waals surface area contributed by atoms with Crippen molar-refractivity contribution in [2.24, 2.45) is 5.92 Å². The van der Waals surface area contributed by atoms with Gasteiger partial charge in [-0.3, -0.25) is 0 Å². The molecule has 2 atom stereocenters. The van der Waals surface area contributed by atoms with Gasteiger partial charge < -0.3 is 4.74 Å². The number of halogens is 1. The van der Waals surface area contributed by atoms with Crippen LogP contribution in [0.3, 0.4) is 0 Å². The van der Waals surface area contributed by atoms with Gasteiger partial charge in [0, 0.05) is 23.2 Å². The minimum atomic E-state index is -3.52. The summed E-state index contributed by atoms with van der Waals surface area (Å²) in [6, 6.07) is 8.01. The van der Waals surface area contributed by atoms with Crippen molar-refractivity contribution in [3.05, 3.63) is 35.4 Å². The van der Waals surface area contributed by atoms with Crippen LogP contribution in [0.5, 0.6) is 0 Å². The van der Waals surface area contributed by atoms with E-state index in [1.54, 1.807) is 0 Å². The van der Waals surface area contributed by atoms with E-state index in [0.29, 0.717) is 26.1 Å². The van der Waals surface area contributed by atoms with Crippen LogP contribution in [-0.4, -0.2) is 26.9 Å². The van der Waals surface area contributed by atoms with Gasteiger partial charge >= 0.3 is 0 Å². The van der Waals surface area contributed by atoms with E-state index in [9.17, 15) is 8.42 Å². The number of benzene rings is 1. The van der Waals surface area contributed by atoms with Gasteiger partial charge in [0.25, 0.3) is 0 Å². The molecule has 0 amide bonds. The zero-order chi connectivity index (χ0) is 13.2. The average Bonchev–Trinajstić information content (AvgIpc) is 2.31. The molecule has 0 aromatic heterocycles. The molecule has 1 saturated heterocycles. The Morgan fingerprint density at radius 3 is 2.78 bits per heavy atom. The third kappa shape index (κ3) is 3.25. The molecule has 0 N–H and O–H groups in total. The maximum Gasteiger partial charge on any atom is 0.235 e. The van der Waals surface area contributed by atoms with Crippen LogP contribution in [-0.2, 0) is 20.2 Å². The van der Waals surface area contributed by atoms with E-state index >= 15 is 0 Å². The Labute approximate surface area is 113 Å². The van der Waals surface area contributed by atoms with Crippen molar-refractivity contribution in [2.45, 2.75) is 25.0 Å². The highest BCUT2D eigenvalue weighted by Gasteiger charge is 2.35. The molecule has 1 aliphatic heterocycles. The molecule has 0 unspecified atom stereocenters. The van der Waals surface area contributed by atoms with Crippen LogP contribution < -0.4 is 0 Å². The summed E-state index contributed by atoms with van der Waals surface area (Å²) >= 11 is 0. The molecule has 0 saturated carbocycles. The van der Waals surface area contributed by atoms with E-state index < -0.39 is 14.3 Å². The Balaban J connectivity index is 2.18. The fourth-order valence-corrected chi connectivity index (χ4v) is 4.18. The van der Waals surface area contributed by atoms with Crippen LogP contribution in [0.2, 0.25) is 0 Å². The van der Waals surface area contributed by atoms with E-state index in [0.717, 1.165) is 0 Å². The first-order valence-electron chi connectivity index (χ1n) is 6.04. The first-order valence-corrected chi connectivity index (χ1v) is 8.41. The lowest BCUT2D eigenvalue weighted by Gasteiger charge is -2.29. The van der Waals surface area contributed by atoms with Crippen molar-refractivity contribution in [3.63, 3.8) is 0 Å². The summed E-state index contributed by atoms with van der Waals surface area (Å²) in [5, 5.41) is -0.493. The number of rotatable bonds is 3. The summed E-state index contributed by atoms with van der Waals surface area (Å²) in [4.78, 5) is 0.